The molecular formula is C11H14ClN3O. The minimum absolute atomic E-state index is 0.0357. The van der Waals surface area contributed by atoms with Gasteiger partial charge in [0.2, 0.25) is 5.91 Å². The quantitative estimate of drug-likeness (QED) is 0.481. The number of hydrogen-bond acceptors (Lipinski definition) is 2. The molecule has 0 aromatic heterocycles. The third-order valence-electron chi connectivity index (χ3n) is 1.86. The van der Waals surface area contributed by atoms with E-state index >= 15 is 0 Å². The molecule has 0 saturated carbocycles. The summed E-state index contributed by atoms with van der Waals surface area (Å²) in [6.07, 6.45) is 0.442. The topological polar surface area (TPSA) is 67.5 Å². The van der Waals surface area contributed by atoms with Crippen LogP contribution in [0, 0.1) is 0 Å². The summed E-state index contributed by atoms with van der Waals surface area (Å²) in [5.41, 5.74) is 6.89. The number of nitrogens with two attached hydrogens (primary N) is 1. The highest BCUT2D eigenvalue weighted by Crippen LogP contribution is 2.18. The SMILES string of the molecule is CCC(=O)Nc1cccc(N=C(N)CCl)c1. The Kier molecular flexibility index (Phi) is 4.79. The number of halogens is 1. The van der Waals surface area contributed by atoms with Crippen molar-refractivity contribution in [2.45, 2.75) is 13.3 Å². The number of aliphatic imine (C=N–C) groups is 1. The first-order valence-corrected chi connectivity index (χ1v) is 5.48. The highest BCUT2D eigenvalue weighted by molar-refractivity contribution is 6.28. The Hall–Kier alpha value is -1.55. The lowest BCUT2D eigenvalue weighted by Gasteiger charge is -2.04. The van der Waals surface area contributed by atoms with Gasteiger partial charge in [0, 0.05) is 12.1 Å². The van der Waals surface area contributed by atoms with Gasteiger partial charge in [0.25, 0.3) is 0 Å². The van der Waals surface area contributed by atoms with Crippen LogP contribution in [-0.4, -0.2) is 17.6 Å². The number of benzene rings is 1. The molecule has 0 aliphatic carbocycles. The fourth-order valence-corrected chi connectivity index (χ4v) is 1.16. The van der Waals surface area contributed by atoms with Gasteiger partial charge >= 0.3 is 0 Å². The van der Waals surface area contributed by atoms with Crippen molar-refractivity contribution in [2.24, 2.45) is 10.7 Å². The van der Waals surface area contributed by atoms with Gasteiger partial charge < -0.3 is 11.1 Å². The molecule has 4 nitrogen and oxygen atoms in total. The number of nitrogens with one attached hydrogen (secondary N) is 1. The number of amides is 1. The van der Waals surface area contributed by atoms with Crippen molar-refractivity contribution in [3.63, 3.8) is 0 Å². The molecule has 0 bridgehead atoms. The van der Waals surface area contributed by atoms with Crippen molar-refractivity contribution in [2.75, 3.05) is 11.2 Å². The van der Waals surface area contributed by atoms with Gasteiger partial charge in [-0.3, -0.25) is 4.79 Å². The first-order valence-electron chi connectivity index (χ1n) is 4.94. The van der Waals surface area contributed by atoms with Crippen LogP contribution >= 0.6 is 11.6 Å². The predicted octanol–water partition coefficient (Wildman–Crippen LogP) is 2.26. The second-order valence-electron chi connectivity index (χ2n) is 3.19. The van der Waals surface area contributed by atoms with Gasteiger partial charge in [-0.2, -0.15) is 0 Å². The van der Waals surface area contributed by atoms with Crippen molar-refractivity contribution in [3.05, 3.63) is 24.3 Å². The van der Waals surface area contributed by atoms with Crippen LogP contribution < -0.4 is 11.1 Å². The van der Waals surface area contributed by atoms with E-state index in [1.807, 2.05) is 0 Å². The first-order chi connectivity index (χ1) is 7.65. The van der Waals surface area contributed by atoms with Gasteiger partial charge in [-0.1, -0.05) is 13.0 Å². The number of alkyl halides is 1. The zero-order valence-electron chi connectivity index (χ0n) is 9.03. The number of carbonyl (C=O) groups is 1. The van der Waals surface area contributed by atoms with Crippen LogP contribution in [0.5, 0.6) is 0 Å². The molecule has 16 heavy (non-hydrogen) atoms. The van der Waals surface area contributed by atoms with Gasteiger partial charge in [0.1, 0.15) is 5.84 Å². The van der Waals surface area contributed by atoms with Crippen molar-refractivity contribution >= 4 is 34.7 Å². The third-order valence-corrected chi connectivity index (χ3v) is 2.13. The van der Waals surface area contributed by atoms with E-state index in [4.69, 9.17) is 17.3 Å². The predicted molar refractivity (Wildman–Crippen MR) is 67.4 cm³/mol. The summed E-state index contributed by atoms with van der Waals surface area (Å²) in [7, 11) is 0. The van der Waals surface area contributed by atoms with E-state index in [1.165, 1.54) is 0 Å². The van der Waals surface area contributed by atoms with Gasteiger partial charge in [-0.25, -0.2) is 4.99 Å². The number of anilines is 1. The Morgan fingerprint density at radius 1 is 1.56 bits per heavy atom. The van der Waals surface area contributed by atoms with Gasteiger partial charge in [0.15, 0.2) is 0 Å². The lowest BCUT2D eigenvalue weighted by atomic mass is 10.2. The summed E-state index contributed by atoms with van der Waals surface area (Å²) < 4.78 is 0. The molecule has 0 heterocycles. The smallest absolute Gasteiger partial charge is 0.224 e. The maximum atomic E-state index is 11.2. The van der Waals surface area contributed by atoms with Crippen LogP contribution in [0.4, 0.5) is 11.4 Å². The molecule has 3 N–H and O–H groups in total. The standard InChI is InChI=1S/C11H14ClN3O/c1-2-11(16)15-9-5-3-4-8(6-9)14-10(13)7-12/h3-6H,2,7H2,1H3,(H2,13,14)(H,15,16). The monoisotopic (exact) mass is 239 g/mol. The molecule has 5 heteroatoms. The second-order valence-corrected chi connectivity index (χ2v) is 3.46. The maximum absolute atomic E-state index is 11.2. The van der Waals surface area contributed by atoms with E-state index in [1.54, 1.807) is 31.2 Å². The van der Waals surface area contributed by atoms with Gasteiger partial charge in [0.05, 0.1) is 11.6 Å². The Bertz CT molecular complexity index is 404. The van der Waals surface area contributed by atoms with E-state index < -0.39 is 0 Å². The molecule has 0 spiro atoms. The molecule has 0 aliphatic rings. The molecule has 1 rings (SSSR count). The normalized spacial score (nSPS) is 11.2. The number of amidine groups is 1. The Morgan fingerprint density at radius 3 is 2.94 bits per heavy atom. The molecule has 1 aromatic carbocycles. The summed E-state index contributed by atoms with van der Waals surface area (Å²) in [5, 5.41) is 2.74. The average Bonchev–Trinajstić information content (AvgIpc) is 2.29. The van der Waals surface area contributed by atoms with Crippen molar-refractivity contribution in [1.29, 1.82) is 0 Å². The first kappa shape index (κ1) is 12.5. The number of hydrogen-bond donors (Lipinski definition) is 2. The van der Waals surface area contributed by atoms with Gasteiger partial charge in [-0.15, -0.1) is 11.6 Å². The molecule has 0 saturated heterocycles. The molecule has 0 unspecified atom stereocenters. The van der Waals surface area contributed by atoms with Crippen LogP contribution in [0.1, 0.15) is 13.3 Å². The molecule has 1 aromatic rings. The van der Waals surface area contributed by atoms with E-state index in [0.29, 0.717) is 23.6 Å². The second kappa shape index (κ2) is 6.12. The zero-order valence-corrected chi connectivity index (χ0v) is 9.79. The van der Waals surface area contributed by atoms with Crippen LogP contribution in [0.2, 0.25) is 0 Å². The number of carbonyl (C=O) groups excluding carboxylic acids is 1. The van der Waals surface area contributed by atoms with Crippen molar-refractivity contribution in [1.82, 2.24) is 0 Å². The summed E-state index contributed by atoms with van der Waals surface area (Å²) in [5.74, 6) is 0.498. The summed E-state index contributed by atoms with van der Waals surface area (Å²) >= 11 is 5.52. The molecular weight excluding hydrogens is 226 g/mol. The van der Waals surface area contributed by atoms with E-state index in [9.17, 15) is 4.79 Å². The lowest BCUT2D eigenvalue weighted by Crippen LogP contribution is -2.12. The Balaban J connectivity index is 2.83. The Morgan fingerprint density at radius 2 is 2.31 bits per heavy atom. The van der Waals surface area contributed by atoms with Crippen LogP contribution in [0.15, 0.2) is 29.3 Å². The fraction of sp³-hybridized carbons (Fsp3) is 0.273. The lowest BCUT2D eigenvalue weighted by molar-refractivity contribution is -0.115. The van der Waals surface area contributed by atoms with Crippen LogP contribution in [0.3, 0.4) is 0 Å². The van der Waals surface area contributed by atoms with E-state index in [-0.39, 0.29) is 11.8 Å². The molecule has 0 fully saturated rings. The average molecular weight is 240 g/mol. The molecule has 0 aliphatic heterocycles. The number of nitrogens with zero attached hydrogens (tertiary/aromatic N) is 1. The Labute approximate surface area is 99.5 Å². The van der Waals surface area contributed by atoms with Crippen molar-refractivity contribution < 1.29 is 4.79 Å². The molecule has 0 atom stereocenters. The maximum Gasteiger partial charge on any atom is 0.224 e. The minimum atomic E-state index is -0.0357. The van der Waals surface area contributed by atoms with Gasteiger partial charge in [-0.05, 0) is 18.2 Å². The molecule has 1 amide bonds. The summed E-state index contributed by atoms with van der Waals surface area (Å²) in [4.78, 5) is 15.3. The molecule has 0 radical (unpaired) electrons. The van der Waals surface area contributed by atoms with Crippen LogP contribution in [-0.2, 0) is 4.79 Å². The largest absolute Gasteiger partial charge is 0.386 e. The highest BCUT2D eigenvalue weighted by Gasteiger charge is 1.99. The molecule has 86 valence electrons. The number of rotatable bonds is 4. The van der Waals surface area contributed by atoms with Crippen LogP contribution in [0.25, 0.3) is 0 Å². The third kappa shape index (κ3) is 3.90. The van der Waals surface area contributed by atoms with Crippen molar-refractivity contribution in [3.8, 4) is 0 Å². The van der Waals surface area contributed by atoms with E-state index in [0.717, 1.165) is 0 Å². The highest BCUT2D eigenvalue weighted by atomic mass is 35.5. The fourth-order valence-electron chi connectivity index (χ4n) is 1.10. The summed E-state index contributed by atoms with van der Waals surface area (Å²) in [6, 6.07) is 7.13. The summed E-state index contributed by atoms with van der Waals surface area (Å²) in [6.45, 7) is 1.79. The van der Waals surface area contributed by atoms with E-state index in [2.05, 4.69) is 10.3 Å². The minimum Gasteiger partial charge on any atom is -0.386 e. The zero-order chi connectivity index (χ0) is 12.0.